The fraction of sp³-hybridized carbons (Fsp3) is 0.300. The Hall–Kier alpha value is -1.89. The molecule has 0 heterocycles. The third-order valence-corrected chi connectivity index (χ3v) is 1.95. The summed E-state index contributed by atoms with van der Waals surface area (Å²) < 4.78 is 32.9. The van der Waals surface area contributed by atoms with Gasteiger partial charge in [-0.1, -0.05) is 6.07 Å². The lowest BCUT2D eigenvalue weighted by Crippen LogP contribution is -2.11. The summed E-state index contributed by atoms with van der Waals surface area (Å²) in [6.07, 6.45) is -1.75. The van der Waals surface area contributed by atoms with Gasteiger partial charge in [-0.25, -0.2) is 4.79 Å². The zero-order valence-electron chi connectivity index (χ0n) is 8.76. The van der Waals surface area contributed by atoms with Crippen LogP contribution in [0, 0.1) is 0 Å². The summed E-state index contributed by atoms with van der Waals surface area (Å²) in [7, 11) is 1.21. The van der Waals surface area contributed by atoms with Gasteiger partial charge in [-0.05, 0) is 17.7 Å². The van der Waals surface area contributed by atoms with Crippen LogP contribution in [0.15, 0.2) is 18.2 Å². The minimum Gasteiger partial charge on any atom is -0.493 e. The van der Waals surface area contributed by atoms with Crippen molar-refractivity contribution in [2.45, 2.75) is 12.7 Å². The molecule has 5 nitrogen and oxygen atoms in total. The second-order valence-corrected chi connectivity index (χ2v) is 3.03. The number of carboxylic acid groups (broad SMARTS) is 1. The van der Waals surface area contributed by atoms with Gasteiger partial charge in [0, 0.05) is 0 Å². The largest absolute Gasteiger partial charge is 0.493 e. The Bertz CT molecular complexity index is 408. The normalized spacial score (nSPS) is 12.3. The van der Waals surface area contributed by atoms with Crippen molar-refractivity contribution in [1.82, 2.24) is 0 Å². The number of hydrogen-bond donors (Lipinski definition) is 2. The highest BCUT2D eigenvalue weighted by molar-refractivity contribution is 5.74. The van der Waals surface area contributed by atoms with Crippen molar-refractivity contribution >= 4 is 5.97 Å². The molecule has 0 aliphatic carbocycles. The number of benzene rings is 1. The topological polar surface area (TPSA) is 76.0 Å². The lowest BCUT2D eigenvalue weighted by molar-refractivity contribution is -0.146. The number of ether oxygens (including phenoxy) is 2. The summed E-state index contributed by atoms with van der Waals surface area (Å²) in [5, 5.41) is 17.8. The molecule has 7 heteroatoms. The number of aliphatic hydroxyl groups is 1. The zero-order valence-corrected chi connectivity index (χ0v) is 8.76. The van der Waals surface area contributed by atoms with Gasteiger partial charge in [0.1, 0.15) is 0 Å². The predicted octanol–water partition coefficient (Wildman–Crippen LogP) is 1.41. The first-order chi connectivity index (χ1) is 7.95. The number of aliphatic carboxylic acids is 1. The first-order valence-corrected chi connectivity index (χ1v) is 4.49. The van der Waals surface area contributed by atoms with Crippen molar-refractivity contribution in [2.24, 2.45) is 0 Å². The van der Waals surface area contributed by atoms with E-state index in [-0.39, 0.29) is 17.1 Å². The van der Waals surface area contributed by atoms with Gasteiger partial charge in [0.05, 0.1) is 7.11 Å². The molecule has 0 bridgehead atoms. The van der Waals surface area contributed by atoms with E-state index in [0.29, 0.717) is 0 Å². The fourth-order valence-corrected chi connectivity index (χ4v) is 1.19. The minimum atomic E-state index is -3.01. The van der Waals surface area contributed by atoms with Gasteiger partial charge < -0.3 is 19.7 Å². The van der Waals surface area contributed by atoms with E-state index in [1.54, 1.807) is 0 Å². The second-order valence-electron chi connectivity index (χ2n) is 3.03. The number of rotatable bonds is 5. The molecule has 0 aromatic heterocycles. The quantitative estimate of drug-likeness (QED) is 0.824. The molecule has 1 rings (SSSR count). The maximum atomic E-state index is 12.0. The number of hydrogen-bond acceptors (Lipinski definition) is 4. The molecule has 2 N–H and O–H groups in total. The Kier molecular flexibility index (Phi) is 4.22. The van der Waals surface area contributed by atoms with E-state index in [4.69, 9.17) is 9.84 Å². The highest BCUT2D eigenvalue weighted by Crippen LogP contribution is 2.31. The van der Waals surface area contributed by atoms with Gasteiger partial charge in [-0.2, -0.15) is 8.78 Å². The van der Waals surface area contributed by atoms with E-state index >= 15 is 0 Å². The molecule has 0 saturated heterocycles. The van der Waals surface area contributed by atoms with Crippen molar-refractivity contribution in [3.8, 4) is 11.5 Å². The molecule has 0 aliphatic heterocycles. The summed E-state index contributed by atoms with van der Waals surface area (Å²) in [6.45, 7) is -3.01. The number of carbonyl (C=O) groups is 1. The van der Waals surface area contributed by atoms with Crippen LogP contribution >= 0.6 is 0 Å². The van der Waals surface area contributed by atoms with Crippen LogP contribution in [0.25, 0.3) is 0 Å². The molecule has 1 aromatic rings. The average Bonchev–Trinajstić information content (AvgIpc) is 2.27. The predicted molar refractivity (Wildman–Crippen MR) is 52.2 cm³/mol. The van der Waals surface area contributed by atoms with Crippen molar-refractivity contribution in [3.63, 3.8) is 0 Å². The molecule has 0 spiro atoms. The summed E-state index contributed by atoms with van der Waals surface area (Å²) in [4.78, 5) is 10.5. The zero-order chi connectivity index (χ0) is 13.0. The standard InChI is InChI=1S/C10H10F2O5/c1-16-7-4-5(8(13)9(14)15)2-3-6(7)17-10(11)12/h2-4,8,10,13H,1H3,(H,14,15). The van der Waals surface area contributed by atoms with E-state index in [1.165, 1.54) is 13.2 Å². The van der Waals surface area contributed by atoms with Gasteiger partial charge >= 0.3 is 12.6 Å². The Labute approximate surface area is 95.2 Å². The van der Waals surface area contributed by atoms with Crippen molar-refractivity contribution < 1.29 is 33.3 Å². The van der Waals surface area contributed by atoms with Gasteiger partial charge in [0.25, 0.3) is 0 Å². The molecule has 0 saturated carbocycles. The molecular formula is C10H10F2O5. The first-order valence-electron chi connectivity index (χ1n) is 4.49. The van der Waals surface area contributed by atoms with E-state index in [2.05, 4.69) is 4.74 Å². The van der Waals surface area contributed by atoms with Gasteiger partial charge in [0.2, 0.25) is 0 Å². The molecule has 1 aromatic carbocycles. The maximum absolute atomic E-state index is 12.0. The molecular weight excluding hydrogens is 238 g/mol. The van der Waals surface area contributed by atoms with Crippen LogP contribution in [0.3, 0.4) is 0 Å². The fourth-order valence-electron chi connectivity index (χ4n) is 1.19. The molecule has 0 amide bonds. The maximum Gasteiger partial charge on any atom is 0.387 e. The van der Waals surface area contributed by atoms with Crippen LogP contribution in [0.1, 0.15) is 11.7 Å². The molecule has 17 heavy (non-hydrogen) atoms. The summed E-state index contributed by atoms with van der Waals surface area (Å²) >= 11 is 0. The van der Waals surface area contributed by atoms with Crippen LogP contribution < -0.4 is 9.47 Å². The number of carboxylic acids is 1. The van der Waals surface area contributed by atoms with Crippen LogP contribution in [0.5, 0.6) is 11.5 Å². The van der Waals surface area contributed by atoms with Gasteiger partial charge in [-0.15, -0.1) is 0 Å². The SMILES string of the molecule is COc1cc(C(O)C(=O)O)ccc1OC(F)F. The Morgan fingerprint density at radius 1 is 1.35 bits per heavy atom. The molecule has 1 unspecified atom stereocenters. The second kappa shape index (κ2) is 5.44. The van der Waals surface area contributed by atoms with Crippen LogP contribution in [0.4, 0.5) is 8.78 Å². The molecule has 0 aliphatic rings. The van der Waals surface area contributed by atoms with Crippen molar-refractivity contribution in [3.05, 3.63) is 23.8 Å². The van der Waals surface area contributed by atoms with Crippen LogP contribution in [0.2, 0.25) is 0 Å². The molecule has 0 radical (unpaired) electrons. The van der Waals surface area contributed by atoms with Gasteiger partial charge in [-0.3, -0.25) is 0 Å². The lowest BCUT2D eigenvalue weighted by atomic mass is 10.1. The van der Waals surface area contributed by atoms with Crippen molar-refractivity contribution in [2.75, 3.05) is 7.11 Å². The molecule has 1 atom stereocenters. The minimum absolute atomic E-state index is 0.0102. The first kappa shape index (κ1) is 13.2. The van der Waals surface area contributed by atoms with E-state index in [1.807, 2.05) is 0 Å². The molecule has 0 fully saturated rings. The van der Waals surface area contributed by atoms with E-state index in [9.17, 15) is 18.7 Å². The smallest absolute Gasteiger partial charge is 0.387 e. The van der Waals surface area contributed by atoms with Gasteiger partial charge in [0.15, 0.2) is 17.6 Å². The Morgan fingerprint density at radius 3 is 2.47 bits per heavy atom. The summed E-state index contributed by atoms with van der Waals surface area (Å²) in [5.74, 6) is -1.76. The summed E-state index contributed by atoms with van der Waals surface area (Å²) in [6, 6.07) is 3.39. The third-order valence-electron chi connectivity index (χ3n) is 1.95. The Balaban J connectivity index is 3.03. The van der Waals surface area contributed by atoms with Crippen LogP contribution in [-0.2, 0) is 4.79 Å². The number of halogens is 2. The lowest BCUT2D eigenvalue weighted by Gasteiger charge is -2.12. The third kappa shape index (κ3) is 3.28. The number of alkyl halides is 2. The highest BCUT2D eigenvalue weighted by atomic mass is 19.3. The Morgan fingerprint density at radius 2 is 2.00 bits per heavy atom. The monoisotopic (exact) mass is 248 g/mol. The van der Waals surface area contributed by atoms with Crippen molar-refractivity contribution in [1.29, 1.82) is 0 Å². The number of aliphatic hydroxyl groups excluding tert-OH is 1. The molecule has 94 valence electrons. The summed E-state index contributed by atoms with van der Waals surface area (Å²) in [5.41, 5.74) is 0.0102. The average molecular weight is 248 g/mol. The van der Waals surface area contributed by atoms with E-state index in [0.717, 1.165) is 12.1 Å². The highest BCUT2D eigenvalue weighted by Gasteiger charge is 2.19. The van der Waals surface area contributed by atoms with E-state index < -0.39 is 18.7 Å². The van der Waals surface area contributed by atoms with Crippen LogP contribution in [-0.4, -0.2) is 29.9 Å². The number of methoxy groups -OCH3 is 1.